The van der Waals surface area contributed by atoms with E-state index in [1.54, 1.807) is 19.1 Å². The number of carbonyl (C=O) groups is 1. The minimum Gasteiger partial charge on any atom is -0.466 e. The van der Waals surface area contributed by atoms with Gasteiger partial charge in [-0.3, -0.25) is 4.79 Å². The molecule has 0 radical (unpaired) electrons. The number of carbonyl (C=O) groups excluding carboxylic acids is 1. The number of tetrazole rings is 1. The summed E-state index contributed by atoms with van der Waals surface area (Å²) in [5.74, 6) is 0.881. The Kier molecular flexibility index (Phi) is 4.37. The fourth-order valence-corrected chi connectivity index (χ4v) is 1.87. The van der Waals surface area contributed by atoms with Crippen LogP contribution in [0.5, 0.6) is 0 Å². The zero-order valence-corrected chi connectivity index (χ0v) is 12.3. The van der Waals surface area contributed by atoms with Gasteiger partial charge in [-0.25, -0.2) is 4.68 Å². The molecule has 2 rings (SSSR count). The highest BCUT2D eigenvalue weighted by atomic mass is 16.4. The van der Waals surface area contributed by atoms with Gasteiger partial charge in [-0.05, 0) is 29.5 Å². The Balaban J connectivity index is 1.92. The van der Waals surface area contributed by atoms with E-state index in [0.717, 1.165) is 0 Å². The Labute approximate surface area is 122 Å². The van der Waals surface area contributed by atoms with E-state index >= 15 is 0 Å². The predicted octanol–water partition coefficient (Wildman–Crippen LogP) is 0.413. The van der Waals surface area contributed by atoms with Gasteiger partial charge in [0.25, 0.3) is 0 Å². The van der Waals surface area contributed by atoms with Gasteiger partial charge in [0, 0.05) is 5.92 Å². The SMILES string of the molecule is CC(C)c1nnnn1CC(=O)NCC(C)(O)c1ccco1. The van der Waals surface area contributed by atoms with Crippen LogP contribution >= 0.6 is 0 Å². The predicted molar refractivity (Wildman–Crippen MR) is 73.2 cm³/mol. The molecule has 2 heterocycles. The molecule has 2 aromatic heterocycles. The van der Waals surface area contributed by atoms with E-state index < -0.39 is 5.60 Å². The molecule has 0 aliphatic heterocycles. The van der Waals surface area contributed by atoms with Crippen LogP contribution in [0.15, 0.2) is 22.8 Å². The first-order valence-electron chi connectivity index (χ1n) is 6.69. The summed E-state index contributed by atoms with van der Waals surface area (Å²) in [6.07, 6.45) is 1.47. The van der Waals surface area contributed by atoms with Crippen molar-refractivity contribution in [2.24, 2.45) is 0 Å². The topological polar surface area (TPSA) is 106 Å². The van der Waals surface area contributed by atoms with Gasteiger partial charge in [-0.15, -0.1) is 5.10 Å². The summed E-state index contributed by atoms with van der Waals surface area (Å²) in [6, 6.07) is 3.34. The number of amides is 1. The third kappa shape index (κ3) is 3.66. The standard InChI is InChI=1S/C13H19N5O3/c1-9(2)12-15-16-17-18(12)7-11(19)14-8-13(3,20)10-5-4-6-21-10/h4-6,9,20H,7-8H2,1-3H3,(H,14,19). The van der Waals surface area contributed by atoms with Crippen molar-refractivity contribution >= 4 is 5.91 Å². The minimum atomic E-state index is -1.26. The highest BCUT2D eigenvalue weighted by Gasteiger charge is 2.27. The summed E-state index contributed by atoms with van der Waals surface area (Å²) in [5.41, 5.74) is -1.26. The molecular formula is C13H19N5O3. The molecule has 0 aliphatic rings. The van der Waals surface area contributed by atoms with Crippen LogP contribution in [0.4, 0.5) is 0 Å². The smallest absolute Gasteiger partial charge is 0.241 e. The van der Waals surface area contributed by atoms with Gasteiger partial charge < -0.3 is 14.8 Å². The van der Waals surface area contributed by atoms with Crippen LogP contribution < -0.4 is 5.32 Å². The Hall–Kier alpha value is -2.22. The number of rotatable bonds is 6. The Morgan fingerprint density at radius 1 is 1.57 bits per heavy atom. The van der Waals surface area contributed by atoms with E-state index in [0.29, 0.717) is 11.6 Å². The maximum absolute atomic E-state index is 11.9. The summed E-state index contributed by atoms with van der Waals surface area (Å²) < 4.78 is 6.59. The van der Waals surface area contributed by atoms with Crippen molar-refractivity contribution in [1.82, 2.24) is 25.5 Å². The van der Waals surface area contributed by atoms with E-state index in [-0.39, 0.29) is 24.9 Å². The number of aliphatic hydroxyl groups is 1. The molecule has 8 nitrogen and oxygen atoms in total. The van der Waals surface area contributed by atoms with Crippen molar-refractivity contribution in [3.05, 3.63) is 30.0 Å². The molecule has 0 bridgehead atoms. The maximum atomic E-state index is 11.9. The average molecular weight is 293 g/mol. The first kappa shape index (κ1) is 15.2. The summed E-state index contributed by atoms with van der Waals surface area (Å²) >= 11 is 0. The van der Waals surface area contributed by atoms with Crippen molar-refractivity contribution < 1.29 is 14.3 Å². The molecule has 1 amide bonds. The van der Waals surface area contributed by atoms with Crippen LogP contribution in [-0.4, -0.2) is 37.8 Å². The molecule has 0 aromatic carbocycles. The molecule has 8 heteroatoms. The lowest BCUT2D eigenvalue weighted by molar-refractivity contribution is -0.123. The number of aromatic nitrogens is 4. The molecular weight excluding hydrogens is 274 g/mol. The lowest BCUT2D eigenvalue weighted by atomic mass is 10.0. The van der Waals surface area contributed by atoms with E-state index in [1.165, 1.54) is 10.9 Å². The fourth-order valence-electron chi connectivity index (χ4n) is 1.87. The Morgan fingerprint density at radius 2 is 2.33 bits per heavy atom. The molecule has 0 saturated carbocycles. The van der Waals surface area contributed by atoms with Crippen LogP contribution in [0.25, 0.3) is 0 Å². The van der Waals surface area contributed by atoms with Crippen LogP contribution in [0, 0.1) is 0 Å². The van der Waals surface area contributed by atoms with Crippen LogP contribution in [-0.2, 0) is 16.9 Å². The van der Waals surface area contributed by atoms with Crippen LogP contribution in [0.3, 0.4) is 0 Å². The minimum absolute atomic E-state index is 0.00868. The van der Waals surface area contributed by atoms with Gasteiger partial charge in [0.1, 0.15) is 17.9 Å². The van der Waals surface area contributed by atoms with Crippen molar-refractivity contribution in [2.75, 3.05) is 6.54 Å². The van der Waals surface area contributed by atoms with Gasteiger partial charge in [0.2, 0.25) is 5.91 Å². The van der Waals surface area contributed by atoms with Crippen LogP contribution in [0.1, 0.15) is 38.3 Å². The molecule has 1 atom stereocenters. The van der Waals surface area contributed by atoms with E-state index in [2.05, 4.69) is 20.8 Å². The fraction of sp³-hybridized carbons (Fsp3) is 0.538. The molecule has 2 aromatic rings. The molecule has 2 N–H and O–H groups in total. The second kappa shape index (κ2) is 6.04. The summed E-state index contributed by atoms with van der Waals surface area (Å²) in [7, 11) is 0. The first-order chi connectivity index (χ1) is 9.90. The molecule has 114 valence electrons. The summed E-state index contributed by atoms with van der Waals surface area (Å²) in [4.78, 5) is 11.9. The zero-order chi connectivity index (χ0) is 15.5. The second-order valence-corrected chi connectivity index (χ2v) is 5.38. The molecule has 0 spiro atoms. The molecule has 0 aliphatic carbocycles. The van der Waals surface area contributed by atoms with Crippen molar-refractivity contribution in [3.8, 4) is 0 Å². The normalized spacial score (nSPS) is 14.1. The molecule has 0 saturated heterocycles. The zero-order valence-electron chi connectivity index (χ0n) is 12.3. The molecule has 1 unspecified atom stereocenters. The van der Waals surface area contributed by atoms with Crippen LogP contribution in [0.2, 0.25) is 0 Å². The number of nitrogens with one attached hydrogen (secondary N) is 1. The molecule has 21 heavy (non-hydrogen) atoms. The second-order valence-electron chi connectivity index (χ2n) is 5.38. The number of furan rings is 1. The van der Waals surface area contributed by atoms with Crippen molar-refractivity contribution in [1.29, 1.82) is 0 Å². The third-order valence-electron chi connectivity index (χ3n) is 3.05. The van der Waals surface area contributed by atoms with Gasteiger partial charge in [0.05, 0.1) is 12.8 Å². The Bertz CT molecular complexity index is 589. The quantitative estimate of drug-likeness (QED) is 0.799. The third-order valence-corrected chi connectivity index (χ3v) is 3.05. The summed E-state index contributed by atoms with van der Waals surface area (Å²) in [6.45, 7) is 5.51. The van der Waals surface area contributed by atoms with Gasteiger partial charge in [-0.2, -0.15) is 0 Å². The molecule has 0 fully saturated rings. The van der Waals surface area contributed by atoms with Crippen molar-refractivity contribution in [2.45, 2.75) is 38.8 Å². The van der Waals surface area contributed by atoms with Gasteiger partial charge in [0.15, 0.2) is 5.82 Å². The Morgan fingerprint density at radius 3 is 2.95 bits per heavy atom. The monoisotopic (exact) mass is 293 g/mol. The number of hydrogen-bond acceptors (Lipinski definition) is 6. The van der Waals surface area contributed by atoms with E-state index in [1.807, 2.05) is 13.8 Å². The maximum Gasteiger partial charge on any atom is 0.241 e. The average Bonchev–Trinajstić information content (AvgIpc) is 3.07. The van der Waals surface area contributed by atoms with Gasteiger partial charge >= 0.3 is 0 Å². The van der Waals surface area contributed by atoms with E-state index in [9.17, 15) is 9.90 Å². The number of nitrogens with zero attached hydrogens (tertiary/aromatic N) is 4. The number of hydrogen-bond donors (Lipinski definition) is 2. The van der Waals surface area contributed by atoms with E-state index in [4.69, 9.17) is 4.42 Å². The highest BCUT2D eigenvalue weighted by Crippen LogP contribution is 2.19. The van der Waals surface area contributed by atoms with Crippen molar-refractivity contribution in [3.63, 3.8) is 0 Å². The summed E-state index contributed by atoms with van der Waals surface area (Å²) in [5, 5.41) is 24.1. The lowest BCUT2D eigenvalue weighted by Crippen LogP contribution is -2.40. The highest BCUT2D eigenvalue weighted by molar-refractivity contribution is 5.75. The largest absolute Gasteiger partial charge is 0.466 e. The first-order valence-corrected chi connectivity index (χ1v) is 6.69. The lowest BCUT2D eigenvalue weighted by Gasteiger charge is -2.21. The van der Waals surface area contributed by atoms with Gasteiger partial charge in [-0.1, -0.05) is 13.8 Å².